The molecular weight excluding hydrogens is 206 g/mol. The summed E-state index contributed by atoms with van der Waals surface area (Å²) in [5.74, 6) is 0.585. The summed E-state index contributed by atoms with van der Waals surface area (Å²) in [6, 6.07) is 7.14. The van der Waals surface area contributed by atoms with Gasteiger partial charge in [0, 0.05) is 6.04 Å². The molecule has 0 saturated heterocycles. The maximum atomic E-state index is 6.36. The van der Waals surface area contributed by atoms with E-state index >= 15 is 0 Å². The quantitative estimate of drug-likeness (QED) is 0.832. The van der Waals surface area contributed by atoms with Gasteiger partial charge in [-0.1, -0.05) is 38.5 Å². The van der Waals surface area contributed by atoms with Crippen LogP contribution in [-0.2, 0) is 12.8 Å². The molecule has 0 saturated carbocycles. The molecule has 0 heterocycles. The van der Waals surface area contributed by atoms with Crippen LogP contribution >= 0.6 is 0 Å². The highest BCUT2D eigenvalue weighted by atomic mass is 14.6. The lowest BCUT2D eigenvalue weighted by Crippen LogP contribution is -2.19. The first-order valence-electron chi connectivity index (χ1n) is 7.09. The third kappa shape index (κ3) is 2.90. The molecule has 0 aliphatic heterocycles. The molecule has 1 aliphatic rings. The molecule has 2 N–H and O–H groups in total. The van der Waals surface area contributed by atoms with Gasteiger partial charge in [0.1, 0.15) is 0 Å². The van der Waals surface area contributed by atoms with Crippen molar-refractivity contribution in [1.82, 2.24) is 0 Å². The van der Waals surface area contributed by atoms with Gasteiger partial charge in [0.2, 0.25) is 0 Å². The maximum absolute atomic E-state index is 6.36. The van der Waals surface area contributed by atoms with Gasteiger partial charge >= 0.3 is 0 Å². The highest BCUT2D eigenvalue weighted by molar-refractivity contribution is 5.35. The Bertz CT molecular complexity index is 370. The van der Waals surface area contributed by atoms with E-state index in [0.29, 0.717) is 5.92 Å². The van der Waals surface area contributed by atoms with Crippen molar-refractivity contribution in [2.75, 3.05) is 0 Å². The summed E-state index contributed by atoms with van der Waals surface area (Å²) in [5, 5.41) is 0. The van der Waals surface area contributed by atoms with E-state index in [4.69, 9.17) is 5.73 Å². The number of benzene rings is 1. The van der Waals surface area contributed by atoms with Gasteiger partial charge in [-0.2, -0.15) is 0 Å². The summed E-state index contributed by atoms with van der Waals surface area (Å²) in [4.78, 5) is 0. The number of aryl methyl sites for hydroxylation is 2. The highest BCUT2D eigenvalue weighted by Gasteiger charge is 2.16. The van der Waals surface area contributed by atoms with Crippen LogP contribution in [0, 0.1) is 5.92 Å². The van der Waals surface area contributed by atoms with Gasteiger partial charge < -0.3 is 5.73 Å². The normalized spacial score (nSPS) is 18.5. The minimum atomic E-state index is 0.210. The molecule has 17 heavy (non-hydrogen) atoms. The molecule has 0 bridgehead atoms. The maximum Gasteiger partial charge on any atom is 0.0320 e. The van der Waals surface area contributed by atoms with Crippen LogP contribution < -0.4 is 5.73 Å². The zero-order valence-corrected chi connectivity index (χ0v) is 11.2. The lowest BCUT2D eigenvalue weighted by Gasteiger charge is -2.23. The molecule has 1 aromatic carbocycles. The summed E-state index contributed by atoms with van der Waals surface area (Å²) in [6.07, 6.45) is 7.65. The molecule has 0 spiro atoms. The minimum Gasteiger partial charge on any atom is -0.324 e. The van der Waals surface area contributed by atoms with Crippen LogP contribution in [0.5, 0.6) is 0 Å². The summed E-state index contributed by atoms with van der Waals surface area (Å²) in [6.45, 7) is 4.50. The number of fused-ring (bicyclic) bond motifs is 1. The van der Waals surface area contributed by atoms with E-state index in [1.807, 2.05) is 0 Å². The molecule has 2 atom stereocenters. The summed E-state index contributed by atoms with van der Waals surface area (Å²) in [7, 11) is 0. The Kier molecular flexibility index (Phi) is 4.22. The lowest BCUT2D eigenvalue weighted by atomic mass is 9.86. The molecule has 94 valence electrons. The Morgan fingerprint density at radius 1 is 1.18 bits per heavy atom. The van der Waals surface area contributed by atoms with Crippen molar-refractivity contribution in [2.24, 2.45) is 11.7 Å². The van der Waals surface area contributed by atoms with Gasteiger partial charge in [-0.15, -0.1) is 0 Å². The summed E-state index contributed by atoms with van der Waals surface area (Å²) >= 11 is 0. The van der Waals surface area contributed by atoms with E-state index in [-0.39, 0.29) is 6.04 Å². The number of nitrogens with two attached hydrogens (primary N) is 1. The van der Waals surface area contributed by atoms with Crippen molar-refractivity contribution in [2.45, 2.75) is 58.4 Å². The topological polar surface area (TPSA) is 26.0 Å². The zero-order chi connectivity index (χ0) is 12.3. The largest absolute Gasteiger partial charge is 0.324 e. The second-order valence-electron chi connectivity index (χ2n) is 5.53. The Hall–Kier alpha value is -0.820. The van der Waals surface area contributed by atoms with Crippen LogP contribution in [0.1, 0.15) is 62.3 Å². The van der Waals surface area contributed by atoms with E-state index in [1.165, 1.54) is 44.1 Å². The van der Waals surface area contributed by atoms with Gasteiger partial charge in [0.25, 0.3) is 0 Å². The summed E-state index contributed by atoms with van der Waals surface area (Å²) in [5.41, 5.74) is 10.8. The minimum absolute atomic E-state index is 0.210. The first-order chi connectivity index (χ1) is 8.22. The van der Waals surface area contributed by atoms with Crippen molar-refractivity contribution in [3.63, 3.8) is 0 Å². The molecule has 0 aromatic heterocycles. The molecular formula is C16H25N. The van der Waals surface area contributed by atoms with Gasteiger partial charge in [-0.3, -0.25) is 0 Å². The third-order valence-electron chi connectivity index (χ3n) is 4.11. The van der Waals surface area contributed by atoms with Crippen molar-refractivity contribution in [3.8, 4) is 0 Å². The molecule has 2 unspecified atom stereocenters. The Labute approximate surface area is 105 Å². The molecule has 0 radical (unpaired) electrons. The highest BCUT2D eigenvalue weighted by Crippen LogP contribution is 2.28. The first-order valence-corrected chi connectivity index (χ1v) is 7.09. The van der Waals surface area contributed by atoms with Crippen LogP contribution in [0.2, 0.25) is 0 Å². The molecule has 1 aromatic rings. The second-order valence-corrected chi connectivity index (χ2v) is 5.53. The summed E-state index contributed by atoms with van der Waals surface area (Å²) < 4.78 is 0. The fourth-order valence-corrected chi connectivity index (χ4v) is 2.92. The zero-order valence-electron chi connectivity index (χ0n) is 11.2. The third-order valence-corrected chi connectivity index (χ3v) is 4.11. The predicted octanol–water partition coefficient (Wildman–Crippen LogP) is 4.00. The average molecular weight is 231 g/mol. The smallest absolute Gasteiger partial charge is 0.0320 e. The van der Waals surface area contributed by atoms with E-state index in [1.54, 1.807) is 11.1 Å². The monoisotopic (exact) mass is 231 g/mol. The lowest BCUT2D eigenvalue weighted by molar-refractivity contribution is 0.433. The molecule has 1 nitrogen and oxygen atoms in total. The van der Waals surface area contributed by atoms with Crippen LogP contribution in [0.15, 0.2) is 18.2 Å². The van der Waals surface area contributed by atoms with Crippen LogP contribution in [0.4, 0.5) is 0 Å². The Balaban J connectivity index is 2.15. The fourth-order valence-electron chi connectivity index (χ4n) is 2.92. The van der Waals surface area contributed by atoms with E-state index < -0.39 is 0 Å². The molecule has 0 amide bonds. The fraction of sp³-hybridized carbons (Fsp3) is 0.625. The predicted molar refractivity (Wildman–Crippen MR) is 74.1 cm³/mol. The SMILES string of the molecule is CCCC(C)C(N)c1ccc2c(c1)CCCC2. The van der Waals surface area contributed by atoms with Gasteiger partial charge in [-0.05, 0) is 54.7 Å². The van der Waals surface area contributed by atoms with Gasteiger partial charge in [0.05, 0.1) is 0 Å². The van der Waals surface area contributed by atoms with Crippen molar-refractivity contribution in [1.29, 1.82) is 0 Å². The van der Waals surface area contributed by atoms with Crippen LogP contribution in [0.25, 0.3) is 0 Å². The molecule has 1 aliphatic carbocycles. The van der Waals surface area contributed by atoms with Crippen LogP contribution in [0.3, 0.4) is 0 Å². The van der Waals surface area contributed by atoms with Gasteiger partial charge in [-0.25, -0.2) is 0 Å². The van der Waals surface area contributed by atoms with Crippen molar-refractivity contribution in [3.05, 3.63) is 34.9 Å². The number of hydrogen-bond donors (Lipinski definition) is 1. The van der Waals surface area contributed by atoms with E-state index in [9.17, 15) is 0 Å². The van der Waals surface area contributed by atoms with E-state index in [0.717, 1.165) is 0 Å². The first kappa shape index (κ1) is 12.6. The van der Waals surface area contributed by atoms with E-state index in [2.05, 4.69) is 32.0 Å². The average Bonchev–Trinajstić information content (AvgIpc) is 2.37. The second kappa shape index (κ2) is 5.68. The molecule has 1 heteroatoms. The number of hydrogen-bond acceptors (Lipinski definition) is 1. The molecule has 0 fully saturated rings. The van der Waals surface area contributed by atoms with Crippen LogP contribution in [-0.4, -0.2) is 0 Å². The van der Waals surface area contributed by atoms with Gasteiger partial charge in [0.15, 0.2) is 0 Å². The Morgan fingerprint density at radius 3 is 2.59 bits per heavy atom. The number of rotatable bonds is 4. The Morgan fingerprint density at radius 2 is 1.88 bits per heavy atom. The standard InChI is InChI=1S/C16H25N/c1-3-6-12(2)16(17)15-10-9-13-7-4-5-8-14(13)11-15/h9-12,16H,3-8,17H2,1-2H3. The van der Waals surface area contributed by atoms with Crippen molar-refractivity contribution >= 4 is 0 Å². The molecule has 2 rings (SSSR count). The van der Waals surface area contributed by atoms with Crippen molar-refractivity contribution < 1.29 is 0 Å².